The molecule has 0 bridgehead atoms. The van der Waals surface area contributed by atoms with Crippen molar-refractivity contribution in [2.75, 3.05) is 17.8 Å². The minimum atomic E-state index is -0.0189. The van der Waals surface area contributed by atoms with Crippen LogP contribution < -0.4 is 10.1 Å². The zero-order valence-corrected chi connectivity index (χ0v) is 25.2. The summed E-state index contributed by atoms with van der Waals surface area (Å²) in [7, 11) is 0. The molecule has 2 aromatic rings. The number of ether oxygens (including phenoxy) is 1. The lowest BCUT2D eigenvalue weighted by Crippen LogP contribution is -2.16. The van der Waals surface area contributed by atoms with Gasteiger partial charge in [0.2, 0.25) is 5.91 Å². The Morgan fingerprint density at radius 2 is 1.65 bits per heavy atom. The fourth-order valence-electron chi connectivity index (χ4n) is 4.53. The maximum Gasteiger partial charge on any atom is 0.228 e. The molecule has 0 atom stereocenters. The number of halogens is 1. The van der Waals surface area contributed by atoms with Gasteiger partial charge in [-0.1, -0.05) is 95.0 Å². The number of hydrogen-bond donors (Lipinski definition) is 1. The smallest absolute Gasteiger partial charge is 0.228 e. The van der Waals surface area contributed by atoms with E-state index in [1.807, 2.05) is 48.2 Å². The molecule has 2 aromatic carbocycles. The molecule has 3 rings (SSSR count). The van der Waals surface area contributed by atoms with Crippen molar-refractivity contribution in [3.8, 4) is 5.75 Å². The number of carbonyl (C=O) groups excluding carboxylic acids is 1. The number of benzene rings is 2. The van der Waals surface area contributed by atoms with Gasteiger partial charge in [0.1, 0.15) is 5.75 Å². The predicted octanol–water partition coefficient (Wildman–Crippen LogP) is 9.11. The molecule has 6 heteroatoms. The molecule has 1 aliphatic heterocycles. The lowest BCUT2D eigenvalue weighted by atomic mass is 10.1. The van der Waals surface area contributed by atoms with Crippen LogP contribution in [-0.4, -0.2) is 23.3 Å². The number of nitrogens with zero attached hydrogens (tertiary/aromatic N) is 1. The van der Waals surface area contributed by atoms with E-state index in [2.05, 4.69) is 42.4 Å². The summed E-state index contributed by atoms with van der Waals surface area (Å²) in [6, 6.07) is 16.1. The van der Waals surface area contributed by atoms with Crippen molar-refractivity contribution in [3.05, 3.63) is 70.8 Å². The monoisotopic (exact) mass is 588 g/mol. The van der Waals surface area contributed by atoms with Gasteiger partial charge in [-0.15, -0.1) is 28.7 Å². The summed E-state index contributed by atoms with van der Waals surface area (Å²) in [6.07, 6.45) is 15.6. The van der Waals surface area contributed by atoms with Gasteiger partial charge in [0.15, 0.2) is 0 Å². The van der Waals surface area contributed by atoms with E-state index in [1.165, 1.54) is 68.3 Å². The first kappa shape index (κ1) is 31.3. The first-order valence-electron chi connectivity index (χ1n) is 13.8. The molecule has 0 spiro atoms. The highest BCUT2D eigenvalue weighted by Crippen LogP contribution is 2.26. The highest BCUT2D eigenvalue weighted by molar-refractivity contribution is 8.93. The molecule has 0 fully saturated rings. The second-order valence-corrected chi connectivity index (χ2v) is 11.0. The number of nitrogens with one attached hydrogen (secondary N) is 1. The summed E-state index contributed by atoms with van der Waals surface area (Å²) < 4.78 is 6.07. The Labute approximate surface area is 239 Å². The van der Waals surface area contributed by atoms with Gasteiger partial charge >= 0.3 is 0 Å². The molecule has 1 heterocycles. The molecule has 0 unspecified atom stereocenters. The number of unbranched alkanes of at least 4 members (excludes halogenated alkanes) is 9. The van der Waals surface area contributed by atoms with Crippen molar-refractivity contribution in [2.24, 2.45) is 0 Å². The Morgan fingerprint density at radius 3 is 2.35 bits per heavy atom. The highest BCUT2D eigenvalue weighted by Gasteiger charge is 2.12. The van der Waals surface area contributed by atoms with Gasteiger partial charge in [0.05, 0.1) is 18.9 Å². The van der Waals surface area contributed by atoms with Crippen LogP contribution in [0.3, 0.4) is 0 Å². The second kappa shape index (κ2) is 18.4. The zero-order chi connectivity index (χ0) is 25.4. The predicted molar refractivity (Wildman–Crippen MR) is 165 cm³/mol. The minimum Gasteiger partial charge on any atom is -0.493 e. The first-order chi connectivity index (χ1) is 17.6. The normalized spacial score (nSPS) is 12.7. The third-order valence-electron chi connectivity index (χ3n) is 6.50. The van der Waals surface area contributed by atoms with E-state index < -0.39 is 0 Å². The van der Waals surface area contributed by atoms with Crippen LogP contribution in [0.2, 0.25) is 0 Å². The van der Waals surface area contributed by atoms with Crippen LogP contribution in [0.4, 0.5) is 5.69 Å². The van der Waals surface area contributed by atoms with Gasteiger partial charge in [-0.25, -0.2) is 0 Å². The topological polar surface area (TPSA) is 41.6 Å². The summed E-state index contributed by atoms with van der Waals surface area (Å²) in [4.78, 5) is 16.4. The molecule has 204 valence electrons. The standard InChI is InChI=1S/C31H44N2O2S.BrH/c1-3-4-5-6-7-8-9-10-11-14-20-35-30-19-13-12-17-28(30)22-31(34)32-29-18-15-16-27(21-29)24-33-23-26(2)36-25-33;/h12-13,15-19,21,23H,3-11,14,20,22,24-25H2,1-2H3,(H,32,34);1H. The maximum atomic E-state index is 12.8. The molecule has 1 aliphatic rings. The van der Waals surface area contributed by atoms with Crippen molar-refractivity contribution in [2.45, 2.75) is 91.0 Å². The number of carbonyl (C=O) groups is 1. The average Bonchev–Trinajstić information content (AvgIpc) is 3.28. The maximum absolute atomic E-state index is 12.8. The molecule has 0 aliphatic carbocycles. The van der Waals surface area contributed by atoms with Gasteiger partial charge in [0.25, 0.3) is 0 Å². The van der Waals surface area contributed by atoms with E-state index in [-0.39, 0.29) is 22.9 Å². The van der Waals surface area contributed by atoms with Crippen LogP contribution >= 0.6 is 28.7 Å². The Morgan fingerprint density at radius 1 is 0.946 bits per heavy atom. The van der Waals surface area contributed by atoms with E-state index in [9.17, 15) is 4.79 Å². The molecular formula is C31H45BrN2O2S. The summed E-state index contributed by atoms with van der Waals surface area (Å²) in [5.41, 5.74) is 2.97. The van der Waals surface area contributed by atoms with E-state index in [1.54, 1.807) is 0 Å². The molecule has 1 N–H and O–H groups in total. The quantitative estimate of drug-likeness (QED) is 0.187. The summed E-state index contributed by atoms with van der Waals surface area (Å²) >= 11 is 1.86. The van der Waals surface area contributed by atoms with Crippen LogP contribution in [0.5, 0.6) is 5.75 Å². The largest absolute Gasteiger partial charge is 0.493 e. The summed E-state index contributed by atoms with van der Waals surface area (Å²) in [5, 5.41) is 3.07. The highest BCUT2D eigenvalue weighted by atomic mass is 79.9. The average molecular weight is 590 g/mol. The van der Waals surface area contributed by atoms with Crippen LogP contribution in [0, 0.1) is 0 Å². The zero-order valence-electron chi connectivity index (χ0n) is 22.7. The molecule has 1 amide bonds. The van der Waals surface area contributed by atoms with Crippen LogP contribution in [0.25, 0.3) is 0 Å². The molecule has 0 radical (unpaired) electrons. The molecule has 4 nitrogen and oxygen atoms in total. The van der Waals surface area contributed by atoms with E-state index in [4.69, 9.17) is 4.74 Å². The third kappa shape index (κ3) is 12.4. The van der Waals surface area contributed by atoms with E-state index >= 15 is 0 Å². The van der Waals surface area contributed by atoms with Gasteiger partial charge in [0, 0.05) is 24.0 Å². The number of allylic oxidation sites excluding steroid dienone is 1. The molecule has 37 heavy (non-hydrogen) atoms. The van der Waals surface area contributed by atoms with Crippen molar-refractivity contribution in [3.63, 3.8) is 0 Å². The fraction of sp³-hybridized carbons (Fsp3) is 0.516. The SMILES string of the molecule is Br.CCCCCCCCCCCCOc1ccccc1CC(=O)Nc1cccc(CN2C=C(C)SC2)c1. The van der Waals surface area contributed by atoms with E-state index in [0.717, 1.165) is 35.8 Å². The Bertz CT molecular complexity index is 966. The number of thioether (sulfide) groups is 1. The van der Waals surface area contributed by atoms with Crippen molar-refractivity contribution in [1.29, 1.82) is 0 Å². The molecule has 0 saturated heterocycles. The van der Waals surface area contributed by atoms with Gasteiger partial charge in [-0.2, -0.15) is 0 Å². The number of hydrogen-bond acceptors (Lipinski definition) is 4. The lowest BCUT2D eigenvalue weighted by Gasteiger charge is -2.15. The van der Waals surface area contributed by atoms with Gasteiger partial charge < -0.3 is 15.0 Å². The van der Waals surface area contributed by atoms with E-state index in [0.29, 0.717) is 13.0 Å². The first-order valence-corrected chi connectivity index (χ1v) is 14.8. The minimum absolute atomic E-state index is 0. The van der Waals surface area contributed by atoms with Crippen molar-refractivity contribution < 1.29 is 9.53 Å². The van der Waals surface area contributed by atoms with Crippen LogP contribution in [0.15, 0.2) is 59.6 Å². The summed E-state index contributed by atoms with van der Waals surface area (Å²) in [5.74, 6) is 1.79. The number of anilines is 1. The van der Waals surface area contributed by atoms with Crippen LogP contribution in [0.1, 0.15) is 89.2 Å². The number of amides is 1. The second-order valence-electron chi connectivity index (χ2n) is 9.82. The lowest BCUT2D eigenvalue weighted by molar-refractivity contribution is -0.115. The fourth-order valence-corrected chi connectivity index (χ4v) is 5.29. The Hall–Kier alpha value is -1.92. The van der Waals surface area contributed by atoms with Gasteiger partial charge in [-0.05, 0) is 42.0 Å². The summed E-state index contributed by atoms with van der Waals surface area (Å²) in [6.45, 7) is 5.97. The Kier molecular flexibility index (Phi) is 15.5. The van der Waals surface area contributed by atoms with Crippen molar-refractivity contribution >= 4 is 40.3 Å². The molecular weight excluding hydrogens is 544 g/mol. The van der Waals surface area contributed by atoms with Crippen molar-refractivity contribution in [1.82, 2.24) is 4.90 Å². The number of para-hydroxylation sites is 1. The van der Waals surface area contributed by atoms with Gasteiger partial charge in [-0.3, -0.25) is 4.79 Å². The molecule has 0 saturated carbocycles. The number of rotatable bonds is 17. The molecule has 0 aromatic heterocycles. The Balaban J connectivity index is 0.00000481. The van der Waals surface area contributed by atoms with Crippen LogP contribution in [-0.2, 0) is 17.8 Å². The third-order valence-corrected chi connectivity index (χ3v) is 7.52.